The fourth-order valence-electron chi connectivity index (χ4n) is 1.56. The number of carbonyl (C=O) groups is 1. The zero-order valence-electron chi connectivity index (χ0n) is 9.79. The number of nitrogen functional groups attached to an aromatic ring is 1. The van der Waals surface area contributed by atoms with E-state index in [0.29, 0.717) is 11.3 Å². The molecule has 0 unspecified atom stereocenters. The van der Waals surface area contributed by atoms with Crippen molar-refractivity contribution in [2.75, 3.05) is 19.8 Å². The molecule has 88 valence electrons. The first-order valence-electron chi connectivity index (χ1n) is 5.19. The zero-order chi connectivity index (χ0) is 12.4. The minimum Gasteiger partial charge on any atom is -0.397 e. The second kappa shape index (κ2) is 4.29. The standard InChI is InChI=1S/C12H14N4O/c1-15(2)12(17)9-3-4-10(13)11(7-9)16-6-5-14-8-16/h3-8H,13H2,1-2H3. The van der Waals surface area contributed by atoms with Crippen LogP contribution in [0.2, 0.25) is 0 Å². The molecule has 2 aromatic rings. The lowest BCUT2D eigenvalue weighted by atomic mass is 10.1. The second-order valence-electron chi connectivity index (χ2n) is 3.94. The maximum Gasteiger partial charge on any atom is 0.253 e. The fraction of sp³-hybridized carbons (Fsp3) is 0.167. The van der Waals surface area contributed by atoms with Crippen molar-refractivity contribution in [1.29, 1.82) is 0 Å². The molecular formula is C12H14N4O. The number of hydrogen-bond donors (Lipinski definition) is 1. The predicted octanol–water partition coefficient (Wildman–Crippen LogP) is 1.16. The topological polar surface area (TPSA) is 64.2 Å². The smallest absolute Gasteiger partial charge is 0.253 e. The lowest BCUT2D eigenvalue weighted by Gasteiger charge is -2.13. The van der Waals surface area contributed by atoms with Crippen molar-refractivity contribution in [1.82, 2.24) is 14.5 Å². The number of aromatic nitrogens is 2. The number of imidazole rings is 1. The van der Waals surface area contributed by atoms with Gasteiger partial charge in [-0.1, -0.05) is 0 Å². The van der Waals surface area contributed by atoms with Crippen LogP contribution in [0, 0.1) is 0 Å². The van der Waals surface area contributed by atoms with E-state index in [4.69, 9.17) is 5.73 Å². The normalized spacial score (nSPS) is 10.2. The van der Waals surface area contributed by atoms with Gasteiger partial charge in [-0.2, -0.15) is 0 Å². The lowest BCUT2D eigenvalue weighted by Crippen LogP contribution is -2.21. The summed E-state index contributed by atoms with van der Waals surface area (Å²) in [7, 11) is 3.44. The summed E-state index contributed by atoms with van der Waals surface area (Å²) in [6, 6.07) is 5.21. The highest BCUT2D eigenvalue weighted by Gasteiger charge is 2.10. The molecule has 0 spiro atoms. The van der Waals surface area contributed by atoms with Crippen LogP contribution in [0.25, 0.3) is 5.69 Å². The molecule has 0 radical (unpaired) electrons. The highest BCUT2D eigenvalue weighted by Crippen LogP contribution is 2.19. The molecule has 0 bridgehead atoms. The summed E-state index contributed by atoms with van der Waals surface area (Å²) in [5.74, 6) is -0.0497. The Bertz CT molecular complexity index is 531. The quantitative estimate of drug-likeness (QED) is 0.787. The number of nitrogens with two attached hydrogens (primary N) is 1. The van der Waals surface area contributed by atoms with Gasteiger partial charge < -0.3 is 15.2 Å². The fourth-order valence-corrected chi connectivity index (χ4v) is 1.56. The number of amides is 1. The summed E-state index contributed by atoms with van der Waals surface area (Å²) >= 11 is 0. The van der Waals surface area contributed by atoms with Gasteiger partial charge >= 0.3 is 0 Å². The highest BCUT2D eigenvalue weighted by molar-refractivity contribution is 5.95. The molecule has 0 aliphatic rings. The van der Waals surface area contributed by atoms with Crippen molar-refractivity contribution < 1.29 is 4.79 Å². The molecule has 0 aliphatic carbocycles. The first kappa shape index (κ1) is 11.2. The van der Waals surface area contributed by atoms with Crippen LogP contribution >= 0.6 is 0 Å². The molecule has 5 nitrogen and oxygen atoms in total. The maximum absolute atomic E-state index is 11.8. The Morgan fingerprint density at radius 3 is 2.76 bits per heavy atom. The van der Waals surface area contributed by atoms with Gasteiger partial charge in [-0.15, -0.1) is 0 Å². The number of hydrogen-bond acceptors (Lipinski definition) is 3. The summed E-state index contributed by atoms with van der Waals surface area (Å²) < 4.78 is 1.78. The van der Waals surface area contributed by atoms with Gasteiger partial charge in [0.25, 0.3) is 5.91 Å². The molecule has 0 aliphatic heterocycles. The van der Waals surface area contributed by atoms with Crippen molar-refractivity contribution in [3.63, 3.8) is 0 Å². The number of nitrogens with zero attached hydrogens (tertiary/aromatic N) is 3. The minimum atomic E-state index is -0.0497. The monoisotopic (exact) mass is 230 g/mol. The van der Waals surface area contributed by atoms with E-state index in [2.05, 4.69) is 4.98 Å². The molecule has 2 N–H and O–H groups in total. The van der Waals surface area contributed by atoms with E-state index in [1.54, 1.807) is 55.6 Å². The van der Waals surface area contributed by atoms with Crippen LogP contribution in [0.15, 0.2) is 36.9 Å². The van der Waals surface area contributed by atoms with Crippen LogP contribution in [0.3, 0.4) is 0 Å². The van der Waals surface area contributed by atoms with Gasteiger partial charge in [-0.05, 0) is 18.2 Å². The van der Waals surface area contributed by atoms with E-state index in [9.17, 15) is 4.79 Å². The lowest BCUT2D eigenvalue weighted by molar-refractivity contribution is 0.0827. The average molecular weight is 230 g/mol. The Kier molecular flexibility index (Phi) is 2.82. The Hall–Kier alpha value is -2.30. The number of carbonyl (C=O) groups excluding carboxylic acids is 1. The van der Waals surface area contributed by atoms with E-state index >= 15 is 0 Å². The molecule has 0 atom stereocenters. The molecule has 1 amide bonds. The number of anilines is 1. The van der Waals surface area contributed by atoms with Gasteiger partial charge in [0.15, 0.2) is 0 Å². The molecule has 0 saturated heterocycles. The largest absolute Gasteiger partial charge is 0.397 e. The molecular weight excluding hydrogens is 216 g/mol. The van der Waals surface area contributed by atoms with Crippen LogP contribution in [0.5, 0.6) is 0 Å². The first-order chi connectivity index (χ1) is 8.09. The molecule has 0 saturated carbocycles. The predicted molar refractivity (Wildman–Crippen MR) is 66.0 cm³/mol. The third-order valence-electron chi connectivity index (χ3n) is 2.47. The van der Waals surface area contributed by atoms with Crippen molar-refractivity contribution in [3.05, 3.63) is 42.5 Å². The van der Waals surface area contributed by atoms with Crippen molar-refractivity contribution in [3.8, 4) is 5.69 Å². The number of benzene rings is 1. The van der Waals surface area contributed by atoms with E-state index in [-0.39, 0.29) is 5.91 Å². The van der Waals surface area contributed by atoms with E-state index in [0.717, 1.165) is 5.69 Å². The van der Waals surface area contributed by atoms with Crippen LogP contribution in [0.1, 0.15) is 10.4 Å². The van der Waals surface area contributed by atoms with Gasteiger partial charge in [-0.3, -0.25) is 4.79 Å². The van der Waals surface area contributed by atoms with Gasteiger partial charge in [-0.25, -0.2) is 4.98 Å². The Morgan fingerprint density at radius 2 is 2.18 bits per heavy atom. The van der Waals surface area contributed by atoms with Gasteiger partial charge in [0.05, 0.1) is 17.7 Å². The third kappa shape index (κ3) is 2.13. The third-order valence-corrected chi connectivity index (χ3v) is 2.47. The van der Waals surface area contributed by atoms with Crippen molar-refractivity contribution >= 4 is 11.6 Å². The van der Waals surface area contributed by atoms with Crippen LogP contribution in [0.4, 0.5) is 5.69 Å². The Labute approximate surface area is 99.5 Å². The SMILES string of the molecule is CN(C)C(=O)c1ccc(N)c(-n2ccnc2)c1. The zero-order valence-corrected chi connectivity index (χ0v) is 9.79. The Morgan fingerprint density at radius 1 is 1.41 bits per heavy atom. The summed E-state index contributed by atoms with van der Waals surface area (Å²) in [5, 5.41) is 0. The van der Waals surface area contributed by atoms with Gasteiger partial charge in [0.1, 0.15) is 0 Å². The van der Waals surface area contributed by atoms with E-state index in [1.165, 1.54) is 4.90 Å². The number of rotatable bonds is 2. The van der Waals surface area contributed by atoms with Crippen molar-refractivity contribution in [2.45, 2.75) is 0 Å². The molecule has 1 aromatic carbocycles. The van der Waals surface area contributed by atoms with Crippen molar-refractivity contribution in [2.24, 2.45) is 0 Å². The molecule has 1 aromatic heterocycles. The van der Waals surface area contributed by atoms with E-state index < -0.39 is 0 Å². The molecule has 1 heterocycles. The second-order valence-corrected chi connectivity index (χ2v) is 3.94. The molecule has 17 heavy (non-hydrogen) atoms. The molecule has 5 heteroatoms. The van der Waals surface area contributed by atoms with Crippen LogP contribution < -0.4 is 5.73 Å². The minimum absolute atomic E-state index is 0.0497. The maximum atomic E-state index is 11.8. The molecule has 0 fully saturated rings. The Balaban J connectivity index is 2.47. The summed E-state index contributed by atoms with van der Waals surface area (Å²) in [6.45, 7) is 0. The van der Waals surface area contributed by atoms with Crippen LogP contribution in [-0.2, 0) is 0 Å². The summed E-state index contributed by atoms with van der Waals surface area (Å²) in [6.07, 6.45) is 5.10. The molecule has 2 rings (SSSR count). The van der Waals surface area contributed by atoms with Gasteiger partial charge in [0, 0.05) is 32.1 Å². The summed E-state index contributed by atoms with van der Waals surface area (Å²) in [4.78, 5) is 17.3. The first-order valence-corrected chi connectivity index (χ1v) is 5.19. The van der Waals surface area contributed by atoms with Crippen LogP contribution in [-0.4, -0.2) is 34.5 Å². The van der Waals surface area contributed by atoms with Gasteiger partial charge in [0.2, 0.25) is 0 Å². The van der Waals surface area contributed by atoms with E-state index in [1.807, 2.05) is 0 Å². The highest BCUT2D eigenvalue weighted by atomic mass is 16.2. The summed E-state index contributed by atoms with van der Waals surface area (Å²) in [5.41, 5.74) is 7.86. The average Bonchev–Trinajstić information content (AvgIpc) is 2.82.